The number of anilines is 3. The number of amides is 2. The summed E-state index contributed by atoms with van der Waals surface area (Å²) in [7, 11) is 1.59. The van der Waals surface area contributed by atoms with E-state index in [1.54, 1.807) is 30.0 Å². The molecule has 2 aliphatic heterocycles. The number of aromatic nitrogens is 1. The minimum Gasteiger partial charge on any atom is -0.483 e. The van der Waals surface area contributed by atoms with Crippen LogP contribution < -0.4 is 25.2 Å². The average molecular weight is 998 g/mol. The van der Waals surface area contributed by atoms with Crippen LogP contribution in [-0.4, -0.2) is 85.1 Å². The maximum atomic E-state index is 16.1. The van der Waals surface area contributed by atoms with E-state index in [-0.39, 0.29) is 61.8 Å². The Bertz CT molecular complexity index is 2900. The largest absolute Gasteiger partial charge is 0.483 e. The van der Waals surface area contributed by atoms with E-state index in [0.29, 0.717) is 62.2 Å². The quantitative estimate of drug-likeness (QED) is 0.0456. The van der Waals surface area contributed by atoms with Crippen molar-refractivity contribution in [1.29, 1.82) is 0 Å². The highest BCUT2D eigenvalue weighted by Gasteiger charge is 2.37. The van der Waals surface area contributed by atoms with Crippen LogP contribution >= 0.6 is 34.9 Å². The third kappa shape index (κ3) is 10.3. The minimum atomic E-state index is -0.826. The molecule has 6 aromatic rings. The van der Waals surface area contributed by atoms with E-state index in [2.05, 4.69) is 64.5 Å². The molecule has 4 heterocycles. The van der Waals surface area contributed by atoms with Crippen molar-refractivity contribution in [1.82, 2.24) is 14.6 Å². The van der Waals surface area contributed by atoms with Crippen molar-refractivity contribution < 1.29 is 37.1 Å². The number of ether oxygens (including phenoxy) is 1. The van der Waals surface area contributed by atoms with Crippen LogP contribution in [0.25, 0.3) is 32.3 Å². The van der Waals surface area contributed by atoms with Crippen LogP contribution in [0, 0.1) is 18.6 Å². The van der Waals surface area contributed by atoms with Gasteiger partial charge in [0.25, 0.3) is 6.01 Å². The number of carbonyl (C=O) groups excluding carboxylic acids is 4. The van der Waals surface area contributed by atoms with Gasteiger partial charge in [0, 0.05) is 55.0 Å². The molecule has 0 aliphatic carbocycles. The number of hydrogen-bond donors (Lipinski definition) is 2. The number of allylic oxidation sites excluding steroid dienone is 1. The number of likely N-dealkylation sites (N-methyl/N-ethyl adjacent to an activating group) is 1. The summed E-state index contributed by atoms with van der Waals surface area (Å²) in [6, 6.07) is 18.6. The molecule has 0 radical (unpaired) electrons. The van der Waals surface area contributed by atoms with Gasteiger partial charge in [0.15, 0.2) is 29.7 Å². The molecule has 0 saturated carbocycles. The Morgan fingerprint density at radius 2 is 1.90 bits per heavy atom. The van der Waals surface area contributed by atoms with Gasteiger partial charge in [0.05, 0.1) is 10.6 Å². The van der Waals surface area contributed by atoms with Crippen LogP contribution in [0.2, 0.25) is 5.02 Å². The molecule has 0 spiro atoms. The number of halogens is 3. The first-order valence-electron chi connectivity index (χ1n) is 23.0. The second kappa shape index (κ2) is 21.5. The zero-order valence-corrected chi connectivity index (χ0v) is 41.4. The standard InChI is InChI=1S/C52H55ClF2N6O6S2/c1-6-7-11-41(50(65)56-5)60(30-64)40-16-14-35(36-10-8-9-31(2)44(36)40)33-18-21-59(22-19-33)51-58-39-26-32(12-17-42(39)67-51)29-68-61-23-20-34(27-52(61,3)4)57-47-38(54)15-13-37(46(47)55)49-45(53)48(66-25-24-62)43(28-63)69-49/h6,8-10,12-17,24,26,28,30,33-34,41,57H,1,7,11,18-23,25,27,29H2,2-5H3,(H,56,65). The fourth-order valence-electron chi connectivity index (χ4n) is 9.74. The molecule has 2 amide bonds. The van der Waals surface area contributed by atoms with Crippen LogP contribution in [0.3, 0.4) is 0 Å². The molecule has 8 rings (SSSR count). The van der Waals surface area contributed by atoms with Gasteiger partial charge < -0.3 is 29.6 Å². The van der Waals surface area contributed by atoms with Crippen molar-refractivity contribution in [3.63, 3.8) is 0 Å². The predicted octanol–water partition coefficient (Wildman–Crippen LogP) is 11.3. The molecule has 362 valence electrons. The van der Waals surface area contributed by atoms with Gasteiger partial charge in [-0.1, -0.05) is 60.0 Å². The van der Waals surface area contributed by atoms with Crippen LogP contribution in [-0.2, 0) is 20.1 Å². The summed E-state index contributed by atoms with van der Waals surface area (Å²) in [6.07, 6.45) is 7.63. The van der Waals surface area contributed by atoms with E-state index in [9.17, 15) is 19.2 Å². The molecule has 2 unspecified atom stereocenters. The number of aldehydes is 2. The van der Waals surface area contributed by atoms with Crippen molar-refractivity contribution in [3.8, 4) is 16.2 Å². The molecule has 2 saturated heterocycles. The monoisotopic (exact) mass is 996 g/mol. The molecule has 12 nitrogen and oxygen atoms in total. The van der Waals surface area contributed by atoms with Gasteiger partial charge in [-0.3, -0.25) is 19.2 Å². The molecule has 2 atom stereocenters. The van der Waals surface area contributed by atoms with E-state index in [1.807, 2.05) is 31.2 Å². The lowest BCUT2D eigenvalue weighted by atomic mass is 9.85. The summed E-state index contributed by atoms with van der Waals surface area (Å²) in [5.41, 5.74) is 5.00. The van der Waals surface area contributed by atoms with Gasteiger partial charge in [-0.2, -0.15) is 4.98 Å². The Morgan fingerprint density at radius 1 is 1.10 bits per heavy atom. The SMILES string of the molecule is C=CCCC(C(=O)NC)N(C=O)c1ccc(C2CCN(c3nc4cc(CSN5CCC(Nc6c(F)ccc(-c7sc(C=O)c(OCC=O)c7Cl)c6F)CC5(C)C)ccc4o3)CC2)c2cccc(C)c12. The topological polar surface area (TPSA) is 137 Å². The van der Waals surface area contributed by atoms with Gasteiger partial charge in [0.2, 0.25) is 12.3 Å². The number of fused-ring (bicyclic) bond motifs is 2. The van der Waals surface area contributed by atoms with Gasteiger partial charge in [-0.15, -0.1) is 17.9 Å². The normalized spacial score (nSPS) is 16.9. The second-order valence-corrected chi connectivity index (χ2v) is 20.5. The number of hydrogen-bond acceptors (Lipinski definition) is 12. The number of rotatable bonds is 19. The number of aryl methyl sites for hydroxylation is 1. The van der Waals surface area contributed by atoms with Crippen molar-refractivity contribution in [2.24, 2.45) is 0 Å². The van der Waals surface area contributed by atoms with Gasteiger partial charge in [0.1, 0.15) is 39.6 Å². The van der Waals surface area contributed by atoms with E-state index >= 15 is 8.78 Å². The predicted molar refractivity (Wildman–Crippen MR) is 273 cm³/mol. The third-order valence-corrected chi connectivity index (χ3v) is 16.3. The van der Waals surface area contributed by atoms with Crippen LogP contribution in [0.5, 0.6) is 5.75 Å². The summed E-state index contributed by atoms with van der Waals surface area (Å²) in [6.45, 7) is 12.0. The summed E-state index contributed by atoms with van der Waals surface area (Å²) in [5.74, 6) is -0.834. The Labute approximate surface area is 413 Å². The highest BCUT2D eigenvalue weighted by atomic mass is 35.5. The minimum absolute atomic E-state index is 0.00707. The summed E-state index contributed by atoms with van der Waals surface area (Å²) in [5, 5.41) is 7.90. The Balaban J connectivity index is 0.896. The van der Waals surface area contributed by atoms with Crippen molar-refractivity contribution >= 4 is 99.0 Å². The number of benzene rings is 4. The number of nitrogens with one attached hydrogen (secondary N) is 2. The van der Waals surface area contributed by atoms with E-state index < -0.39 is 17.7 Å². The molecule has 4 aromatic carbocycles. The van der Waals surface area contributed by atoms with Gasteiger partial charge in [-0.25, -0.2) is 13.1 Å². The Morgan fingerprint density at radius 3 is 2.61 bits per heavy atom. The first-order chi connectivity index (χ1) is 33.3. The molecule has 69 heavy (non-hydrogen) atoms. The maximum absolute atomic E-state index is 16.1. The molecule has 2 fully saturated rings. The molecular weight excluding hydrogens is 942 g/mol. The number of carbonyl (C=O) groups is 4. The summed E-state index contributed by atoms with van der Waals surface area (Å²) >= 11 is 9.11. The van der Waals surface area contributed by atoms with Crippen LogP contribution in [0.4, 0.5) is 26.2 Å². The van der Waals surface area contributed by atoms with E-state index in [4.69, 9.17) is 25.7 Å². The fraction of sp³-hybridized carbons (Fsp3) is 0.365. The van der Waals surface area contributed by atoms with Gasteiger partial charge >= 0.3 is 0 Å². The first kappa shape index (κ1) is 49.6. The smallest absolute Gasteiger partial charge is 0.298 e. The van der Waals surface area contributed by atoms with Crippen LogP contribution in [0.1, 0.15) is 84.7 Å². The van der Waals surface area contributed by atoms with E-state index in [0.717, 1.165) is 76.8 Å². The number of nitrogens with zero attached hydrogens (tertiary/aromatic N) is 4. The summed E-state index contributed by atoms with van der Waals surface area (Å²) < 4.78 is 45.3. The highest BCUT2D eigenvalue weighted by molar-refractivity contribution is 7.96. The number of oxazole rings is 1. The van der Waals surface area contributed by atoms with Crippen LogP contribution in [0.15, 0.2) is 77.7 Å². The lowest BCUT2D eigenvalue weighted by Gasteiger charge is -2.45. The lowest BCUT2D eigenvalue weighted by molar-refractivity contribution is -0.123. The average Bonchev–Trinajstić information content (AvgIpc) is 3.92. The van der Waals surface area contributed by atoms with Gasteiger partial charge in [-0.05, 0) is 118 Å². The zero-order valence-electron chi connectivity index (χ0n) is 39.0. The Kier molecular flexibility index (Phi) is 15.4. The molecule has 2 N–H and O–H groups in total. The molecule has 2 aromatic heterocycles. The fourth-order valence-corrected chi connectivity index (χ4v) is 12.3. The second-order valence-electron chi connectivity index (χ2n) is 18.1. The zero-order chi connectivity index (χ0) is 49.0. The third-order valence-electron chi connectivity index (χ3n) is 13.2. The molecule has 17 heteroatoms. The van der Waals surface area contributed by atoms with Crippen molar-refractivity contribution in [3.05, 3.63) is 112 Å². The number of thiophene rings is 1. The van der Waals surface area contributed by atoms with Crippen molar-refractivity contribution in [2.75, 3.05) is 48.4 Å². The first-order valence-corrected chi connectivity index (χ1v) is 25.2. The molecule has 2 aliphatic rings. The summed E-state index contributed by atoms with van der Waals surface area (Å²) in [4.78, 5) is 57.3. The number of piperidine rings is 2. The molecular formula is C52H55ClF2N6O6S2. The maximum Gasteiger partial charge on any atom is 0.298 e. The van der Waals surface area contributed by atoms with Crippen molar-refractivity contribution in [2.45, 2.75) is 88.6 Å². The highest BCUT2D eigenvalue weighted by Crippen LogP contribution is 2.47. The van der Waals surface area contributed by atoms with E-state index in [1.165, 1.54) is 17.7 Å². The molecule has 0 bridgehead atoms. The Hall–Kier alpha value is -5.81. The lowest BCUT2D eigenvalue weighted by Crippen LogP contribution is -2.49.